The third-order valence-corrected chi connectivity index (χ3v) is 10.0. The average molecular weight is 578 g/mol. The summed E-state index contributed by atoms with van der Waals surface area (Å²) in [6.07, 6.45) is 0. The maximum absolute atomic E-state index is 2.45. The number of hydrogen-bond donors (Lipinski definition) is 0. The van der Waals surface area contributed by atoms with Crippen LogP contribution in [-0.2, 0) is 0 Å². The molecule has 9 rings (SSSR count). The predicted octanol–water partition coefficient (Wildman–Crippen LogP) is 12.7. The minimum Gasteiger partial charge on any atom is -0.310 e. The first-order valence-electron chi connectivity index (χ1n) is 15.0. The largest absolute Gasteiger partial charge is 0.310 e. The molecule has 0 saturated heterocycles. The summed E-state index contributed by atoms with van der Waals surface area (Å²) in [7, 11) is 0. The number of nitrogens with zero attached hydrogens (tertiary/aromatic N) is 1. The molecular formula is C42H27NS. The smallest absolute Gasteiger partial charge is 0.0547 e. The molecule has 1 aromatic heterocycles. The molecule has 0 spiro atoms. The van der Waals surface area contributed by atoms with Crippen molar-refractivity contribution in [3.63, 3.8) is 0 Å². The molecule has 0 radical (unpaired) electrons. The molecule has 0 aliphatic carbocycles. The predicted molar refractivity (Wildman–Crippen MR) is 192 cm³/mol. The number of thiophene rings is 1. The lowest BCUT2D eigenvalue weighted by Crippen LogP contribution is -2.10. The van der Waals surface area contributed by atoms with E-state index in [2.05, 4.69) is 169 Å². The van der Waals surface area contributed by atoms with E-state index in [4.69, 9.17) is 0 Å². The van der Waals surface area contributed by atoms with Crippen LogP contribution in [0.2, 0.25) is 0 Å². The van der Waals surface area contributed by atoms with Gasteiger partial charge in [0.2, 0.25) is 0 Å². The summed E-state index contributed by atoms with van der Waals surface area (Å²) >= 11 is 1.89. The second-order valence-corrected chi connectivity index (χ2v) is 12.4. The summed E-state index contributed by atoms with van der Waals surface area (Å²) < 4.78 is 2.66. The minimum absolute atomic E-state index is 1.13. The summed E-state index contributed by atoms with van der Waals surface area (Å²) in [5, 5.41) is 10.2. The standard InChI is InChI=1S/C42H27NS/c1-2-11-28(12-3-1)30-14-10-15-32(25-30)43(33-23-24-35-31(26-33)22-21-29-13-4-5-16-34(29)35)40-27-39-37-18-8-9-20-41(37)44-42(39)38-19-7-6-17-36(38)40/h1-27H. The summed E-state index contributed by atoms with van der Waals surface area (Å²) in [6, 6.07) is 59.8. The maximum Gasteiger partial charge on any atom is 0.0547 e. The van der Waals surface area contributed by atoms with Crippen molar-refractivity contribution in [2.24, 2.45) is 0 Å². The van der Waals surface area contributed by atoms with Gasteiger partial charge in [0, 0.05) is 42.3 Å². The van der Waals surface area contributed by atoms with Gasteiger partial charge in [0.25, 0.3) is 0 Å². The monoisotopic (exact) mass is 577 g/mol. The first kappa shape index (κ1) is 25.1. The lowest BCUT2D eigenvalue weighted by Gasteiger charge is -2.28. The van der Waals surface area contributed by atoms with Crippen molar-refractivity contribution in [2.45, 2.75) is 0 Å². The minimum atomic E-state index is 1.13. The van der Waals surface area contributed by atoms with E-state index >= 15 is 0 Å². The van der Waals surface area contributed by atoms with Gasteiger partial charge in [0.05, 0.1) is 5.69 Å². The van der Waals surface area contributed by atoms with Crippen molar-refractivity contribution < 1.29 is 0 Å². The van der Waals surface area contributed by atoms with Gasteiger partial charge in [-0.2, -0.15) is 0 Å². The number of anilines is 3. The van der Waals surface area contributed by atoms with Crippen LogP contribution in [0.4, 0.5) is 17.1 Å². The molecule has 1 nitrogen and oxygen atoms in total. The van der Waals surface area contributed by atoms with Crippen LogP contribution in [0.25, 0.3) is 63.6 Å². The number of hydrogen-bond acceptors (Lipinski definition) is 2. The Morgan fingerprint density at radius 2 is 1.02 bits per heavy atom. The zero-order valence-electron chi connectivity index (χ0n) is 23.9. The highest BCUT2D eigenvalue weighted by atomic mass is 32.1. The van der Waals surface area contributed by atoms with Crippen molar-refractivity contribution >= 4 is 80.9 Å². The Bertz CT molecular complexity index is 2510. The molecule has 1 heterocycles. The average Bonchev–Trinajstić information content (AvgIpc) is 3.48. The normalized spacial score (nSPS) is 11.6. The van der Waals surface area contributed by atoms with E-state index in [-0.39, 0.29) is 0 Å². The van der Waals surface area contributed by atoms with Gasteiger partial charge in [0.15, 0.2) is 0 Å². The quantitative estimate of drug-likeness (QED) is 0.188. The summed E-state index contributed by atoms with van der Waals surface area (Å²) in [4.78, 5) is 2.45. The molecule has 0 amide bonds. The molecule has 0 unspecified atom stereocenters. The number of rotatable bonds is 4. The second kappa shape index (κ2) is 10.1. The van der Waals surface area contributed by atoms with Crippen LogP contribution in [0.15, 0.2) is 164 Å². The van der Waals surface area contributed by atoms with Gasteiger partial charge in [-0.3, -0.25) is 0 Å². The van der Waals surface area contributed by atoms with Crippen LogP contribution in [-0.4, -0.2) is 0 Å². The Morgan fingerprint density at radius 1 is 0.364 bits per heavy atom. The first-order chi connectivity index (χ1) is 21.8. The molecule has 206 valence electrons. The molecule has 0 fully saturated rings. The van der Waals surface area contributed by atoms with E-state index in [0.717, 1.165) is 11.4 Å². The number of benzene rings is 8. The van der Waals surface area contributed by atoms with Crippen LogP contribution in [0.5, 0.6) is 0 Å². The molecule has 9 aromatic rings. The molecule has 0 N–H and O–H groups in total. The van der Waals surface area contributed by atoms with Crippen molar-refractivity contribution in [3.05, 3.63) is 164 Å². The van der Waals surface area contributed by atoms with Crippen molar-refractivity contribution in [1.29, 1.82) is 0 Å². The van der Waals surface area contributed by atoms with Gasteiger partial charge in [-0.05, 0) is 69.1 Å². The van der Waals surface area contributed by atoms with Crippen LogP contribution >= 0.6 is 11.3 Å². The Balaban J connectivity index is 1.35. The van der Waals surface area contributed by atoms with E-state index in [9.17, 15) is 0 Å². The molecule has 0 aliphatic heterocycles. The Hall–Kier alpha value is -5.44. The highest BCUT2D eigenvalue weighted by molar-refractivity contribution is 7.26. The zero-order chi connectivity index (χ0) is 29.0. The SMILES string of the molecule is c1ccc(-c2cccc(N(c3ccc4c(ccc5ccccc54)c3)c3cc4c5ccccc5sc4c4ccccc34)c2)cc1. The molecule has 0 bridgehead atoms. The number of fused-ring (bicyclic) bond motifs is 8. The van der Waals surface area contributed by atoms with Gasteiger partial charge in [-0.1, -0.05) is 127 Å². The third-order valence-electron chi connectivity index (χ3n) is 8.80. The van der Waals surface area contributed by atoms with E-state index in [1.165, 1.54) is 69.3 Å². The van der Waals surface area contributed by atoms with E-state index in [0.29, 0.717) is 0 Å². The lowest BCUT2D eigenvalue weighted by molar-refractivity contribution is 1.31. The summed E-state index contributed by atoms with van der Waals surface area (Å²) in [5.41, 5.74) is 5.87. The Kier molecular flexibility index (Phi) is 5.75. The van der Waals surface area contributed by atoms with E-state index < -0.39 is 0 Å². The third kappa shape index (κ3) is 4.00. The van der Waals surface area contributed by atoms with Gasteiger partial charge in [-0.15, -0.1) is 11.3 Å². The fourth-order valence-electron chi connectivity index (χ4n) is 6.73. The van der Waals surface area contributed by atoms with Gasteiger partial charge in [-0.25, -0.2) is 0 Å². The van der Waals surface area contributed by atoms with Crippen LogP contribution in [0.1, 0.15) is 0 Å². The molecule has 8 aromatic carbocycles. The van der Waals surface area contributed by atoms with Crippen LogP contribution in [0, 0.1) is 0 Å². The van der Waals surface area contributed by atoms with Gasteiger partial charge >= 0.3 is 0 Å². The van der Waals surface area contributed by atoms with Gasteiger partial charge in [0.1, 0.15) is 0 Å². The second-order valence-electron chi connectivity index (χ2n) is 11.4. The highest BCUT2D eigenvalue weighted by Crippen LogP contribution is 2.47. The van der Waals surface area contributed by atoms with Crippen molar-refractivity contribution in [2.75, 3.05) is 4.90 Å². The molecule has 0 atom stereocenters. The first-order valence-corrected chi connectivity index (χ1v) is 15.8. The lowest BCUT2D eigenvalue weighted by atomic mass is 9.99. The molecule has 0 aliphatic rings. The van der Waals surface area contributed by atoms with Crippen LogP contribution in [0.3, 0.4) is 0 Å². The molecule has 0 saturated carbocycles. The highest BCUT2D eigenvalue weighted by Gasteiger charge is 2.20. The van der Waals surface area contributed by atoms with Gasteiger partial charge < -0.3 is 4.90 Å². The molecular weight excluding hydrogens is 551 g/mol. The van der Waals surface area contributed by atoms with Crippen molar-refractivity contribution in [3.8, 4) is 11.1 Å². The summed E-state index contributed by atoms with van der Waals surface area (Å²) in [6.45, 7) is 0. The zero-order valence-corrected chi connectivity index (χ0v) is 24.8. The Morgan fingerprint density at radius 3 is 1.91 bits per heavy atom. The topological polar surface area (TPSA) is 3.24 Å². The molecule has 44 heavy (non-hydrogen) atoms. The van der Waals surface area contributed by atoms with Crippen molar-refractivity contribution in [1.82, 2.24) is 0 Å². The fraction of sp³-hybridized carbons (Fsp3) is 0. The maximum atomic E-state index is 2.45. The van der Waals surface area contributed by atoms with Crippen LogP contribution < -0.4 is 4.90 Å². The molecule has 2 heteroatoms. The fourth-order valence-corrected chi connectivity index (χ4v) is 7.96. The summed E-state index contributed by atoms with van der Waals surface area (Å²) in [5.74, 6) is 0. The van der Waals surface area contributed by atoms with E-state index in [1.807, 2.05) is 11.3 Å². The Labute approximate surface area is 259 Å². The van der Waals surface area contributed by atoms with E-state index in [1.54, 1.807) is 0 Å².